The standard InChI is InChI=1S/C16H19N4O3/c1-5-12-7-8-13(14(9-12)23-10-22-6-2)15-11(3)18-16(17-4)20(21)19-15/h1,7-9H,6,10H2,2-4H3,(H,17,18)(H,19,21)/q+1. The molecule has 0 bridgehead atoms. The molecule has 1 aromatic carbocycles. The summed E-state index contributed by atoms with van der Waals surface area (Å²) >= 11 is 0. The zero-order chi connectivity index (χ0) is 16.8. The van der Waals surface area contributed by atoms with Crippen LogP contribution in [0.2, 0.25) is 0 Å². The normalized spacial score (nSPS) is 10.2. The number of aryl methyl sites for hydroxylation is 1. The highest BCUT2D eigenvalue weighted by molar-refractivity contribution is 5.70. The third-order valence-corrected chi connectivity index (χ3v) is 3.18. The first-order valence-corrected chi connectivity index (χ1v) is 7.13. The Labute approximate surface area is 134 Å². The van der Waals surface area contributed by atoms with E-state index in [0.29, 0.717) is 39.4 Å². The van der Waals surface area contributed by atoms with E-state index in [4.69, 9.17) is 15.9 Å². The van der Waals surface area contributed by atoms with Crippen LogP contribution in [0.15, 0.2) is 18.2 Å². The first kappa shape index (κ1) is 16.5. The van der Waals surface area contributed by atoms with E-state index in [-0.39, 0.29) is 12.7 Å². The number of aromatic amines is 1. The maximum atomic E-state index is 11.9. The second-order valence-corrected chi connectivity index (χ2v) is 4.66. The van der Waals surface area contributed by atoms with Gasteiger partial charge < -0.3 is 9.47 Å². The second-order valence-electron chi connectivity index (χ2n) is 4.66. The van der Waals surface area contributed by atoms with Crippen molar-refractivity contribution in [3.8, 4) is 29.4 Å². The lowest BCUT2D eigenvalue weighted by Crippen LogP contribution is -2.27. The number of hydrogen-bond donors (Lipinski definition) is 2. The highest BCUT2D eigenvalue weighted by Crippen LogP contribution is 2.30. The molecule has 2 N–H and O–H groups in total. The number of rotatable bonds is 6. The summed E-state index contributed by atoms with van der Waals surface area (Å²) in [6, 6.07) is 5.29. The summed E-state index contributed by atoms with van der Waals surface area (Å²) < 4.78 is 11.4. The lowest BCUT2D eigenvalue weighted by Gasteiger charge is -2.12. The van der Waals surface area contributed by atoms with Crippen molar-refractivity contribution in [2.24, 2.45) is 0 Å². The molecule has 0 fully saturated rings. The summed E-state index contributed by atoms with van der Waals surface area (Å²) in [5, 5.41) is 5.46. The van der Waals surface area contributed by atoms with Gasteiger partial charge in [0.05, 0.1) is 11.6 Å². The molecule has 0 radical (unpaired) electrons. The van der Waals surface area contributed by atoms with Gasteiger partial charge in [0.2, 0.25) is 0 Å². The van der Waals surface area contributed by atoms with Crippen molar-refractivity contribution >= 4 is 5.95 Å². The lowest BCUT2D eigenvalue weighted by atomic mass is 10.1. The maximum Gasteiger partial charge on any atom is 0.452 e. The van der Waals surface area contributed by atoms with Crippen LogP contribution >= 0.6 is 0 Å². The Morgan fingerprint density at radius 3 is 2.91 bits per heavy atom. The molecule has 23 heavy (non-hydrogen) atoms. The molecule has 0 amide bonds. The number of aromatic nitrogens is 3. The summed E-state index contributed by atoms with van der Waals surface area (Å²) in [5.41, 5.74) is 2.55. The number of ether oxygens (including phenoxy) is 2. The molecular weight excluding hydrogens is 296 g/mol. The highest BCUT2D eigenvalue weighted by Gasteiger charge is 2.18. The van der Waals surface area contributed by atoms with Crippen LogP contribution in [-0.2, 0) is 4.74 Å². The largest absolute Gasteiger partial charge is 0.467 e. The maximum absolute atomic E-state index is 11.9. The molecule has 2 rings (SSSR count). The van der Waals surface area contributed by atoms with E-state index in [1.807, 2.05) is 6.92 Å². The third kappa shape index (κ3) is 3.67. The van der Waals surface area contributed by atoms with Crippen LogP contribution < -0.4 is 14.6 Å². The van der Waals surface area contributed by atoms with Gasteiger partial charge in [-0.2, -0.15) is 0 Å². The zero-order valence-electron chi connectivity index (χ0n) is 13.3. The van der Waals surface area contributed by atoms with E-state index in [0.717, 1.165) is 0 Å². The molecule has 7 nitrogen and oxygen atoms in total. The number of anilines is 1. The first-order valence-electron chi connectivity index (χ1n) is 7.13. The minimum absolute atomic E-state index is 0.0932. The van der Waals surface area contributed by atoms with Crippen molar-refractivity contribution in [1.82, 2.24) is 10.1 Å². The Bertz CT molecular complexity index is 793. The fourth-order valence-corrected chi connectivity index (χ4v) is 2.03. The number of terminal acetylenes is 1. The zero-order valence-corrected chi connectivity index (χ0v) is 13.3. The molecule has 0 aliphatic carbocycles. The third-order valence-electron chi connectivity index (χ3n) is 3.18. The van der Waals surface area contributed by atoms with Gasteiger partial charge in [0, 0.05) is 17.7 Å². The Hall–Kier alpha value is -2.85. The summed E-state index contributed by atoms with van der Waals surface area (Å²) in [4.78, 5) is 16.2. The molecule has 1 aromatic heterocycles. The van der Waals surface area contributed by atoms with Gasteiger partial charge in [0.1, 0.15) is 17.1 Å². The molecule has 0 aliphatic rings. The van der Waals surface area contributed by atoms with Gasteiger partial charge in [0.15, 0.2) is 6.79 Å². The minimum Gasteiger partial charge on any atom is -0.467 e. The van der Waals surface area contributed by atoms with Crippen LogP contribution in [0.1, 0.15) is 18.2 Å². The van der Waals surface area contributed by atoms with E-state index >= 15 is 0 Å². The molecule has 0 atom stereocenters. The molecule has 0 saturated heterocycles. The van der Waals surface area contributed by atoms with Crippen molar-refractivity contribution < 1.29 is 14.0 Å². The number of nitrogens with one attached hydrogen (secondary N) is 2. The Morgan fingerprint density at radius 2 is 2.26 bits per heavy atom. The average molecular weight is 315 g/mol. The van der Waals surface area contributed by atoms with Crippen LogP contribution in [-0.4, -0.2) is 30.5 Å². The molecule has 2 aromatic rings. The smallest absolute Gasteiger partial charge is 0.452 e. The predicted octanol–water partition coefficient (Wildman–Crippen LogP) is 1.70. The van der Waals surface area contributed by atoms with E-state index in [1.54, 1.807) is 32.2 Å². The molecule has 1 heterocycles. The van der Waals surface area contributed by atoms with Gasteiger partial charge in [-0.1, -0.05) is 15.8 Å². The van der Waals surface area contributed by atoms with Crippen molar-refractivity contribution in [1.29, 1.82) is 0 Å². The Kier molecular flexibility index (Phi) is 5.33. The number of hydrogen-bond acceptors (Lipinski definition) is 5. The van der Waals surface area contributed by atoms with Gasteiger partial charge >= 0.3 is 5.95 Å². The monoisotopic (exact) mass is 315 g/mol. The van der Waals surface area contributed by atoms with Gasteiger partial charge in [-0.25, -0.2) is 5.10 Å². The molecule has 120 valence electrons. The first-order chi connectivity index (χ1) is 11.1. The molecule has 0 saturated carbocycles. The Balaban J connectivity index is 2.52. The fourth-order valence-electron chi connectivity index (χ4n) is 2.03. The SMILES string of the molecule is C#Cc1ccc(-c2[nH][n+](=O)c(NC)nc2C)c(OCOCC)c1. The highest BCUT2D eigenvalue weighted by atomic mass is 16.7. The van der Waals surface area contributed by atoms with Crippen molar-refractivity contribution in [2.75, 3.05) is 25.8 Å². The number of H-pyrrole nitrogens is 1. The molecular formula is C16H19N4O3+. The fraction of sp³-hybridized carbons (Fsp3) is 0.312. The van der Waals surface area contributed by atoms with E-state index in [9.17, 15) is 4.91 Å². The summed E-state index contributed by atoms with van der Waals surface area (Å²) in [6.45, 7) is 4.30. The number of benzene rings is 1. The van der Waals surface area contributed by atoms with Gasteiger partial charge in [-0.05, 0) is 32.0 Å². The molecule has 7 heteroatoms. The summed E-state index contributed by atoms with van der Waals surface area (Å²) in [5.74, 6) is 3.26. The topological polar surface area (TPSA) is 82.1 Å². The molecule has 0 aliphatic heterocycles. The summed E-state index contributed by atoms with van der Waals surface area (Å²) in [6.07, 6.45) is 5.43. The lowest BCUT2D eigenvalue weighted by molar-refractivity contribution is -0.551. The minimum atomic E-state index is 0.0932. The molecule has 0 spiro atoms. The predicted molar refractivity (Wildman–Crippen MR) is 86.7 cm³/mol. The van der Waals surface area contributed by atoms with Gasteiger partial charge in [-0.15, -0.1) is 6.42 Å². The van der Waals surface area contributed by atoms with Crippen molar-refractivity contribution in [3.05, 3.63) is 34.4 Å². The van der Waals surface area contributed by atoms with E-state index in [2.05, 4.69) is 21.3 Å². The van der Waals surface area contributed by atoms with Gasteiger partial charge in [0.25, 0.3) is 0 Å². The van der Waals surface area contributed by atoms with Crippen LogP contribution in [0.25, 0.3) is 11.3 Å². The Morgan fingerprint density at radius 1 is 1.48 bits per heavy atom. The summed E-state index contributed by atoms with van der Waals surface area (Å²) in [7, 11) is 1.63. The van der Waals surface area contributed by atoms with Crippen LogP contribution in [0, 0.1) is 24.2 Å². The number of nitrogens with zero attached hydrogens (tertiary/aromatic N) is 2. The van der Waals surface area contributed by atoms with Crippen LogP contribution in [0.5, 0.6) is 5.75 Å². The van der Waals surface area contributed by atoms with Crippen LogP contribution in [0.3, 0.4) is 0 Å². The second kappa shape index (κ2) is 7.42. The van der Waals surface area contributed by atoms with Crippen LogP contribution in [0.4, 0.5) is 5.95 Å². The average Bonchev–Trinajstić information content (AvgIpc) is 2.56. The van der Waals surface area contributed by atoms with Crippen molar-refractivity contribution in [2.45, 2.75) is 13.8 Å². The van der Waals surface area contributed by atoms with E-state index < -0.39 is 0 Å². The quantitative estimate of drug-likeness (QED) is 0.367. The molecule has 0 unspecified atom stereocenters. The van der Waals surface area contributed by atoms with Gasteiger partial charge in [-0.3, -0.25) is 5.32 Å². The van der Waals surface area contributed by atoms with Crippen molar-refractivity contribution in [3.63, 3.8) is 0 Å². The van der Waals surface area contributed by atoms with E-state index in [1.165, 1.54) is 0 Å².